The maximum Gasteiger partial charge on any atom is 0.331 e. The first kappa shape index (κ1) is 10.9. The zero-order valence-corrected chi connectivity index (χ0v) is 9.62. The molecule has 16 heavy (non-hydrogen) atoms. The number of hydrogen-bond acceptors (Lipinski definition) is 3. The summed E-state index contributed by atoms with van der Waals surface area (Å²) in [5.74, 6) is -0.368. The Labute approximate surface area is 95.1 Å². The lowest BCUT2D eigenvalue weighted by Gasteiger charge is -2.17. The van der Waals surface area contributed by atoms with Gasteiger partial charge in [0.15, 0.2) is 0 Å². The van der Waals surface area contributed by atoms with Crippen molar-refractivity contribution in [1.29, 1.82) is 0 Å². The number of oxime groups is 1. The van der Waals surface area contributed by atoms with Gasteiger partial charge < -0.3 is 4.84 Å². The smallest absolute Gasteiger partial charge is 0.318 e. The fraction of sp³-hybridized carbons (Fsp3) is 0.385. The molecule has 0 bridgehead atoms. The van der Waals surface area contributed by atoms with Gasteiger partial charge in [0.1, 0.15) is 0 Å². The second kappa shape index (κ2) is 4.47. The molecule has 3 heteroatoms. The van der Waals surface area contributed by atoms with Crippen molar-refractivity contribution in [3.63, 3.8) is 0 Å². The van der Waals surface area contributed by atoms with E-state index in [0.717, 1.165) is 30.5 Å². The highest BCUT2D eigenvalue weighted by atomic mass is 16.7. The second-order valence-corrected chi connectivity index (χ2v) is 4.14. The molecule has 0 fully saturated rings. The van der Waals surface area contributed by atoms with Crippen molar-refractivity contribution in [2.24, 2.45) is 5.16 Å². The van der Waals surface area contributed by atoms with Gasteiger partial charge in [-0.2, -0.15) is 0 Å². The van der Waals surface area contributed by atoms with Crippen LogP contribution < -0.4 is 0 Å². The molecule has 1 aromatic rings. The van der Waals surface area contributed by atoms with E-state index in [-0.39, 0.29) is 5.97 Å². The lowest BCUT2D eigenvalue weighted by atomic mass is 9.89. The van der Waals surface area contributed by atoms with Gasteiger partial charge in [0.05, 0.1) is 5.71 Å². The van der Waals surface area contributed by atoms with Crippen molar-refractivity contribution in [3.8, 4) is 0 Å². The summed E-state index contributed by atoms with van der Waals surface area (Å²) in [5.41, 5.74) is 4.52. The summed E-state index contributed by atoms with van der Waals surface area (Å²) in [6, 6.07) is 6.34. The van der Waals surface area contributed by atoms with Crippen LogP contribution >= 0.6 is 0 Å². The van der Waals surface area contributed by atoms with Gasteiger partial charge in [0.25, 0.3) is 0 Å². The van der Waals surface area contributed by atoms with Crippen LogP contribution in [-0.4, -0.2) is 11.7 Å². The molecule has 0 N–H and O–H groups in total. The van der Waals surface area contributed by atoms with E-state index >= 15 is 0 Å². The molecule has 0 spiro atoms. The van der Waals surface area contributed by atoms with Crippen LogP contribution in [0.5, 0.6) is 0 Å². The SMILES string of the molecule is CC(=O)O/N=C1\CCCc2ccc(C)cc21. The van der Waals surface area contributed by atoms with Crippen LogP contribution in [0.15, 0.2) is 23.4 Å². The van der Waals surface area contributed by atoms with E-state index in [2.05, 4.69) is 30.3 Å². The Morgan fingerprint density at radius 2 is 2.19 bits per heavy atom. The fourth-order valence-electron chi connectivity index (χ4n) is 1.97. The number of rotatable bonds is 1. The molecule has 0 aromatic heterocycles. The van der Waals surface area contributed by atoms with E-state index in [1.165, 1.54) is 18.1 Å². The minimum atomic E-state index is -0.368. The maximum atomic E-state index is 10.7. The number of benzene rings is 1. The lowest BCUT2D eigenvalue weighted by molar-refractivity contribution is -0.140. The van der Waals surface area contributed by atoms with Crippen LogP contribution in [-0.2, 0) is 16.1 Å². The Morgan fingerprint density at radius 3 is 2.94 bits per heavy atom. The zero-order valence-electron chi connectivity index (χ0n) is 9.62. The molecule has 0 saturated carbocycles. The summed E-state index contributed by atoms with van der Waals surface area (Å²) in [6.45, 7) is 3.42. The van der Waals surface area contributed by atoms with E-state index < -0.39 is 0 Å². The first-order valence-corrected chi connectivity index (χ1v) is 5.51. The van der Waals surface area contributed by atoms with Crippen LogP contribution in [0.3, 0.4) is 0 Å². The third kappa shape index (κ3) is 2.30. The molecular formula is C13H15NO2. The number of fused-ring (bicyclic) bond motifs is 1. The Kier molecular flexibility index (Phi) is 3.04. The van der Waals surface area contributed by atoms with Crippen molar-refractivity contribution in [2.45, 2.75) is 33.1 Å². The first-order chi connectivity index (χ1) is 7.66. The largest absolute Gasteiger partial charge is 0.331 e. The van der Waals surface area contributed by atoms with Gasteiger partial charge >= 0.3 is 5.97 Å². The van der Waals surface area contributed by atoms with E-state index in [1.54, 1.807) is 0 Å². The summed E-state index contributed by atoms with van der Waals surface area (Å²) in [6.07, 6.45) is 3.02. The molecule has 1 aliphatic carbocycles. The molecule has 0 heterocycles. The number of nitrogens with zero attached hydrogens (tertiary/aromatic N) is 1. The van der Waals surface area contributed by atoms with Gasteiger partial charge in [0, 0.05) is 12.5 Å². The van der Waals surface area contributed by atoms with Crippen molar-refractivity contribution in [3.05, 3.63) is 34.9 Å². The van der Waals surface area contributed by atoms with Crippen LogP contribution in [0.4, 0.5) is 0 Å². The average Bonchev–Trinajstić information content (AvgIpc) is 2.26. The molecule has 0 amide bonds. The number of carbonyl (C=O) groups excluding carboxylic acids is 1. The second-order valence-electron chi connectivity index (χ2n) is 4.14. The molecule has 3 nitrogen and oxygen atoms in total. The van der Waals surface area contributed by atoms with Crippen LogP contribution in [0.25, 0.3) is 0 Å². The number of hydrogen-bond donors (Lipinski definition) is 0. The minimum absolute atomic E-state index is 0.368. The molecule has 2 rings (SSSR count). The highest BCUT2D eigenvalue weighted by molar-refractivity contribution is 6.02. The van der Waals surface area contributed by atoms with Crippen molar-refractivity contribution < 1.29 is 9.63 Å². The summed E-state index contributed by atoms with van der Waals surface area (Å²) >= 11 is 0. The van der Waals surface area contributed by atoms with E-state index in [1.807, 2.05) is 0 Å². The first-order valence-electron chi connectivity index (χ1n) is 5.51. The minimum Gasteiger partial charge on any atom is -0.318 e. The van der Waals surface area contributed by atoms with Crippen molar-refractivity contribution >= 4 is 11.7 Å². The highest BCUT2D eigenvalue weighted by Gasteiger charge is 2.16. The Balaban J connectivity index is 2.35. The normalized spacial score (nSPS) is 17.0. The molecule has 0 aliphatic heterocycles. The van der Waals surface area contributed by atoms with Gasteiger partial charge in [-0.3, -0.25) is 0 Å². The Hall–Kier alpha value is -1.64. The topological polar surface area (TPSA) is 38.7 Å². The zero-order chi connectivity index (χ0) is 11.5. The number of aryl methyl sites for hydroxylation is 2. The molecule has 0 unspecified atom stereocenters. The van der Waals surface area contributed by atoms with Crippen LogP contribution in [0.1, 0.15) is 36.5 Å². The van der Waals surface area contributed by atoms with E-state index in [4.69, 9.17) is 4.84 Å². The molecule has 1 aromatic carbocycles. The average molecular weight is 217 g/mol. The van der Waals surface area contributed by atoms with Gasteiger partial charge in [-0.15, -0.1) is 0 Å². The van der Waals surface area contributed by atoms with Gasteiger partial charge in [0.2, 0.25) is 0 Å². The Morgan fingerprint density at radius 1 is 1.38 bits per heavy atom. The predicted octanol–water partition coefficient (Wildman–Crippen LogP) is 2.60. The third-order valence-corrected chi connectivity index (χ3v) is 2.72. The summed E-state index contributed by atoms with van der Waals surface area (Å²) in [4.78, 5) is 15.5. The highest BCUT2D eigenvalue weighted by Crippen LogP contribution is 2.23. The molecule has 0 saturated heterocycles. The van der Waals surface area contributed by atoms with Crippen LogP contribution in [0.2, 0.25) is 0 Å². The number of carbonyl (C=O) groups is 1. The molecule has 84 valence electrons. The van der Waals surface area contributed by atoms with E-state index in [9.17, 15) is 4.79 Å². The predicted molar refractivity (Wildman–Crippen MR) is 62.4 cm³/mol. The maximum absolute atomic E-state index is 10.7. The third-order valence-electron chi connectivity index (χ3n) is 2.72. The molecular weight excluding hydrogens is 202 g/mol. The van der Waals surface area contributed by atoms with E-state index in [0.29, 0.717) is 0 Å². The molecule has 0 atom stereocenters. The molecule has 0 radical (unpaired) electrons. The lowest BCUT2D eigenvalue weighted by Crippen LogP contribution is -2.13. The van der Waals surface area contributed by atoms with Crippen molar-refractivity contribution in [2.75, 3.05) is 0 Å². The summed E-state index contributed by atoms with van der Waals surface area (Å²) in [7, 11) is 0. The van der Waals surface area contributed by atoms with Crippen molar-refractivity contribution in [1.82, 2.24) is 0 Å². The van der Waals surface area contributed by atoms with Crippen LogP contribution in [0, 0.1) is 6.92 Å². The fourth-order valence-corrected chi connectivity index (χ4v) is 1.97. The summed E-state index contributed by atoms with van der Waals surface area (Å²) < 4.78 is 0. The Bertz CT molecular complexity index is 449. The standard InChI is InChI=1S/C13H15NO2/c1-9-6-7-11-4-3-5-13(12(11)8-9)14-16-10(2)15/h6-8H,3-5H2,1-2H3/b14-13+. The van der Waals surface area contributed by atoms with Gasteiger partial charge in [-0.25, -0.2) is 4.79 Å². The summed E-state index contributed by atoms with van der Waals surface area (Å²) in [5, 5.41) is 3.93. The monoisotopic (exact) mass is 217 g/mol. The van der Waals surface area contributed by atoms with Gasteiger partial charge in [-0.1, -0.05) is 22.9 Å². The quantitative estimate of drug-likeness (QED) is 0.535. The van der Waals surface area contributed by atoms with Gasteiger partial charge in [-0.05, 0) is 37.8 Å². The molecule has 1 aliphatic rings.